The number of aliphatic hydroxyl groups is 1. The maximum Gasteiger partial charge on any atom is 0.272 e. The van der Waals surface area contributed by atoms with Crippen molar-refractivity contribution in [3.63, 3.8) is 0 Å². The molecule has 0 bridgehead atoms. The van der Waals surface area contributed by atoms with Gasteiger partial charge in [0, 0.05) is 37.7 Å². The predicted octanol–water partition coefficient (Wildman–Crippen LogP) is 7.70. The number of nitrogens with one attached hydrogen (secondary N) is 1. The number of alkyl halides is 3. The summed E-state index contributed by atoms with van der Waals surface area (Å²) in [4.78, 5) is 14.5. The Morgan fingerprint density at radius 1 is 0.880 bits per heavy atom. The Labute approximate surface area is 308 Å². The van der Waals surface area contributed by atoms with Gasteiger partial charge in [0.05, 0.1) is 33.0 Å². The molecule has 0 spiro atoms. The van der Waals surface area contributed by atoms with Gasteiger partial charge in [0.15, 0.2) is 17.8 Å². The number of halogens is 3. The zero-order chi connectivity index (χ0) is 35.4. The average molecular weight is 740 g/mol. The van der Waals surface area contributed by atoms with Gasteiger partial charge >= 0.3 is 0 Å². The van der Waals surface area contributed by atoms with Crippen molar-refractivity contribution in [3.8, 4) is 22.6 Å². The van der Waals surface area contributed by atoms with E-state index < -0.39 is 16.0 Å². The van der Waals surface area contributed by atoms with E-state index in [9.17, 15) is 9.90 Å². The number of fused-ring (bicyclic) bond motifs is 1. The van der Waals surface area contributed by atoms with Crippen molar-refractivity contribution in [2.75, 3.05) is 27.3 Å². The highest BCUT2D eigenvalue weighted by Crippen LogP contribution is 2.43. The Balaban J connectivity index is 1.25. The lowest BCUT2D eigenvalue weighted by molar-refractivity contribution is -0.276. The highest BCUT2D eigenvalue weighted by atomic mass is 35.6. The summed E-state index contributed by atoms with van der Waals surface area (Å²) in [5.41, 5.74) is 8.07. The molecule has 264 valence electrons. The molecule has 1 fully saturated rings. The van der Waals surface area contributed by atoms with Crippen molar-refractivity contribution < 1.29 is 28.8 Å². The third-order valence-electron chi connectivity index (χ3n) is 9.49. The van der Waals surface area contributed by atoms with E-state index in [4.69, 9.17) is 53.8 Å². The van der Waals surface area contributed by atoms with Gasteiger partial charge in [-0.2, -0.15) is 0 Å². The molecule has 4 aromatic rings. The smallest absolute Gasteiger partial charge is 0.272 e. The molecule has 2 aliphatic rings. The van der Waals surface area contributed by atoms with E-state index in [1.54, 1.807) is 14.2 Å². The number of carbonyl (C=O) groups excluding carboxylic acids is 1. The van der Waals surface area contributed by atoms with E-state index in [-0.39, 0.29) is 31.3 Å². The van der Waals surface area contributed by atoms with Crippen LogP contribution in [0, 0.1) is 5.92 Å². The number of carbonyl (C=O) groups is 1. The molecule has 4 unspecified atom stereocenters. The fraction of sp³-hybridized carbons (Fsp3) is 0.359. The molecule has 0 radical (unpaired) electrons. The molecular weight excluding hydrogens is 699 g/mol. The van der Waals surface area contributed by atoms with Crippen LogP contribution in [0.2, 0.25) is 0 Å². The fourth-order valence-electron chi connectivity index (χ4n) is 6.69. The van der Waals surface area contributed by atoms with Gasteiger partial charge in [-0.05, 0) is 69.6 Å². The largest absolute Gasteiger partial charge is 0.493 e. The quantitative estimate of drug-likeness (QED) is 0.161. The molecule has 11 heteroatoms. The van der Waals surface area contributed by atoms with Crippen LogP contribution in [0.5, 0.6) is 11.5 Å². The standard InChI is InChI=1S/C39H41Cl3N2O6/c1-24-35(22-44-15-14-30-18-33(47-2)34(48-3)19-32(30)21-44)49-37(50-36(24)27-12-10-25(23-45)11-13-27)31-9-5-8-29(17-31)28-7-4-6-26(16-28)20-43-38(46)39(40,41)42/h4-13,16-19,24,35-37,45H,14-15,20-23H2,1-3H3,(H,43,46). The first-order valence-electron chi connectivity index (χ1n) is 16.6. The fourth-order valence-corrected chi connectivity index (χ4v) is 6.89. The summed E-state index contributed by atoms with van der Waals surface area (Å²) >= 11 is 17.2. The number of hydrogen-bond donors (Lipinski definition) is 2. The molecule has 0 saturated carbocycles. The van der Waals surface area contributed by atoms with Crippen molar-refractivity contribution in [1.82, 2.24) is 10.2 Å². The van der Waals surface area contributed by atoms with Crippen LogP contribution in [0.4, 0.5) is 0 Å². The number of hydrogen-bond acceptors (Lipinski definition) is 7. The normalized spacial score (nSPS) is 20.9. The molecule has 0 aromatic heterocycles. The van der Waals surface area contributed by atoms with E-state index in [2.05, 4.69) is 35.3 Å². The number of nitrogens with zero attached hydrogens (tertiary/aromatic N) is 1. The molecule has 2 N–H and O–H groups in total. The first kappa shape index (κ1) is 36.5. The summed E-state index contributed by atoms with van der Waals surface area (Å²) in [5.74, 6) is 0.841. The molecule has 8 nitrogen and oxygen atoms in total. The van der Waals surface area contributed by atoms with Gasteiger partial charge in [0.25, 0.3) is 9.70 Å². The van der Waals surface area contributed by atoms with Gasteiger partial charge in [-0.15, -0.1) is 0 Å². The van der Waals surface area contributed by atoms with Crippen LogP contribution in [0.15, 0.2) is 84.9 Å². The highest BCUT2D eigenvalue weighted by Gasteiger charge is 2.39. The van der Waals surface area contributed by atoms with Gasteiger partial charge in [0.2, 0.25) is 0 Å². The van der Waals surface area contributed by atoms with Crippen molar-refractivity contribution in [2.45, 2.75) is 55.3 Å². The monoisotopic (exact) mass is 738 g/mol. The van der Waals surface area contributed by atoms with Crippen LogP contribution >= 0.6 is 34.8 Å². The summed E-state index contributed by atoms with van der Waals surface area (Å²) in [6, 6.07) is 28.1. The minimum absolute atomic E-state index is 0.0178. The van der Waals surface area contributed by atoms with Crippen LogP contribution in [-0.2, 0) is 40.4 Å². The number of aliphatic hydroxyl groups excluding tert-OH is 1. The molecule has 4 aromatic carbocycles. The second kappa shape index (κ2) is 15.9. The second-order valence-electron chi connectivity index (χ2n) is 12.8. The van der Waals surface area contributed by atoms with E-state index in [1.807, 2.05) is 66.7 Å². The molecule has 6 rings (SSSR count). The van der Waals surface area contributed by atoms with E-state index in [0.717, 1.165) is 70.9 Å². The molecular formula is C39H41Cl3N2O6. The molecule has 2 heterocycles. The van der Waals surface area contributed by atoms with Crippen molar-refractivity contribution in [2.24, 2.45) is 5.92 Å². The third-order valence-corrected chi connectivity index (χ3v) is 10.0. The van der Waals surface area contributed by atoms with Gasteiger partial charge < -0.3 is 29.4 Å². The van der Waals surface area contributed by atoms with Crippen molar-refractivity contribution >= 4 is 40.7 Å². The highest BCUT2D eigenvalue weighted by molar-refractivity contribution is 6.76. The van der Waals surface area contributed by atoms with Gasteiger partial charge in [-0.25, -0.2) is 0 Å². The summed E-state index contributed by atoms with van der Waals surface area (Å²) in [7, 11) is 3.33. The van der Waals surface area contributed by atoms with Crippen molar-refractivity contribution in [3.05, 3.63) is 118 Å². The minimum atomic E-state index is -2.03. The van der Waals surface area contributed by atoms with Gasteiger partial charge in [-0.1, -0.05) is 102 Å². The lowest BCUT2D eigenvalue weighted by atomic mass is 9.89. The second-order valence-corrected chi connectivity index (χ2v) is 15.1. The van der Waals surface area contributed by atoms with Crippen LogP contribution < -0.4 is 14.8 Å². The topological polar surface area (TPSA) is 89.5 Å². The molecule has 0 aliphatic carbocycles. The summed E-state index contributed by atoms with van der Waals surface area (Å²) in [6.45, 7) is 4.77. The summed E-state index contributed by atoms with van der Waals surface area (Å²) < 4.78 is 22.7. The number of benzene rings is 4. The molecule has 1 saturated heterocycles. The molecule has 2 aliphatic heterocycles. The Morgan fingerprint density at radius 3 is 2.24 bits per heavy atom. The van der Waals surface area contributed by atoms with Gasteiger partial charge in [0.1, 0.15) is 0 Å². The summed E-state index contributed by atoms with van der Waals surface area (Å²) in [5, 5.41) is 12.3. The van der Waals surface area contributed by atoms with Crippen molar-refractivity contribution in [1.29, 1.82) is 0 Å². The third kappa shape index (κ3) is 8.40. The SMILES string of the molecule is COc1cc2c(cc1OC)CN(CC1OC(c3cccc(-c4cccc(CNC(=O)C(Cl)(Cl)Cl)c4)c3)OC(c3ccc(CO)cc3)C1C)CC2. The van der Waals surface area contributed by atoms with Crippen LogP contribution in [0.25, 0.3) is 11.1 Å². The minimum Gasteiger partial charge on any atom is -0.493 e. The Bertz CT molecular complexity index is 1800. The van der Waals surface area contributed by atoms with Crippen LogP contribution in [-0.4, -0.2) is 53.1 Å². The molecule has 50 heavy (non-hydrogen) atoms. The maximum atomic E-state index is 12.1. The number of ether oxygens (including phenoxy) is 4. The number of amides is 1. The molecule has 4 atom stereocenters. The van der Waals surface area contributed by atoms with Crippen LogP contribution in [0.3, 0.4) is 0 Å². The Kier molecular flexibility index (Phi) is 11.6. The van der Waals surface area contributed by atoms with Gasteiger partial charge in [-0.3, -0.25) is 9.69 Å². The number of methoxy groups -OCH3 is 2. The maximum absolute atomic E-state index is 12.1. The average Bonchev–Trinajstić information content (AvgIpc) is 3.13. The predicted molar refractivity (Wildman–Crippen MR) is 196 cm³/mol. The van der Waals surface area contributed by atoms with E-state index in [0.29, 0.717) is 0 Å². The number of rotatable bonds is 10. The molecule has 1 amide bonds. The lowest BCUT2D eigenvalue weighted by Gasteiger charge is -2.43. The Morgan fingerprint density at radius 2 is 1.56 bits per heavy atom. The Hall–Kier alpha value is -3.34. The summed E-state index contributed by atoms with van der Waals surface area (Å²) in [6.07, 6.45) is -0.0855. The zero-order valence-corrected chi connectivity index (χ0v) is 30.5. The van der Waals surface area contributed by atoms with E-state index >= 15 is 0 Å². The zero-order valence-electron chi connectivity index (χ0n) is 28.2. The van der Waals surface area contributed by atoms with Crippen LogP contribution in [0.1, 0.15) is 52.7 Å². The lowest BCUT2D eigenvalue weighted by Crippen LogP contribution is -2.45. The van der Waals surface area contributed by atoms with E-state index in [1.165, 1.54) is 11.1 Å². The first-order chi connectivity index (χ1) is 24.1. The first-order valence-corrected chi connectivity index (χ1v) is 17.7.